The van der Waals surface area contributed by atoms with Gasteiger partial charge >= 0.3 is 0 Å². The summed E-state index contributed by atoms with van der Waals surface area (Å²) in [6, 6.07) is 11.6. The lowest BCUT2D eigenvalue weighted by atomic mass is 9.98. The molecule has 4 heteroatoms. The summed E-state index contributed by atoms with van der Waals surface area (Å²) in [4.78, 5) is 1.36. The van der Waals surface area contributed by atoms with Crippen molar-refractivity contribution in [2.75, 3.05) is 6.54 Å². The van der Waals surface area contributed by atoms with Crippen LogP contribution in [0.1, 0.15) is 48.7 Å². The average Bonchev–Trinajstić information content (AvgIpc) is 2.79. The summed E-state index contributed by atoms with van der Waals surface area (Å²) in [7, 11) is 0. The Bertz CT molecular complexity index is 555. The van der Waals surface area contributed by atoms with E-state index in [1.807, 2.05) is 0 Å². The first kappa shape index (κ1) is 17.2. The van der Waals surface area contributed by atoms with E-state index in [9.17, 15) is 0 Å². The number of rotatable bonds is 6. The Morgan fingerprint density at radius 3 is 2.29 bits per heavy atom. The summed E-state index contributed by atoms with van der Waals surface area (Å²) < 4.78 is 2.30. The van der Waals surface area contributed by atoms with Gasteiger partial charge in [-0.2, -0.15) is 0 Å². The number of likely N-dealkylation sites (N-methyl/N-ethyl adjacent to an activating group) is 1. The Kier molecular flexibility index (Phi) is 6.48. The molecule has 1 heterocycles. The number of halogens is 2. The molecule has 0 radical (unpaired) electrons. The van der Waals surface area contributed by atoms with Gasteiger partial charge in [-0.05, 0) is 67.9 Å². The van der Waals surface area contributed by atoms with Crippen molar-refractivity contribution in [2.45, 2.75) is 39.2 Å². The van der Waals surface area contributed by atoms with Crippen LogP contribution in [-0.4, -0.2) is 6.54 Å². The highest BCUT2D eigenvalue weighted by Gasteiger charge is 2.15. The van der Waals surface area contributed by atoms with E-state index in [0.717, 1.165) is 21.2 Å². The maximum atomic E-state index is 3.59. The molecule has 1 unspecified atom stereocenters. The molecule has 1 N–H and O–H groups in total. The van der Waals surface area contributed by atoms with Crippen molar-refractivity contribution in [3.8, 4) is 0 Å². The summed E-state index contributed by atoms with van der Waals surface area (Å²) in [5.41, 5.74) is 2.78. The summed E-state index contributed by atoms with van der Waals surface area (Å²) in [6.07, 6.45) is 1.02. The lowest BCUT2D eigenvalue weighted by Crippen LogP contribution is -2.22. The van der Waals surface area contributed by atoms with E-state index >= 15 is 0 Å². The normalized spacial score (nSPS) is 12.9. The smallest absolute Gasteiger partial charge is 0.0843 e. The molecule has 1 aromatic heterocycles. The average molecular weight is 431 g/mol. The van der Waals surface area contributed by atoms with Crippen LogP contribution < -0.4 is 5.32 Å². The lowest BCUT2D eigenvalue weighted by Gasteiger charge is -2.17. The minimum absolute atomic E-state index is 0.368. The Morgan fingerprint density at radius 2 is 1.81 bits per heavy atom. The van der Waals surface area contributed by atoms with Gasteiger partial charge in [0.25, 0.3) is 0 Å². The molecule has 1 aromatic carbocycles. The van der Waals surface area contributed by atoms with Gasteiger partial charge in [-0.25, -0.2) is 0 Å². The van der Waals surface area contributed by atoms with Gasteiger partial charge in [0.1, 0.15) is 0 Å². The molecule has 114 valence electrons. The first-order valence-corrected chi connectivity index (χ1v) is 9.68. The quantitative estimate of drug-likeness (QED) is 0.567. The predicted octanol–water partition coefficient (Wildman–Crippen LogP) is 6.29. The van der Waals surface area contributed by atoms with Gasteiger partial charge in [0.15, 0.2) is 0 Å². The SMILES string of the molecule is CCNC(Cc1ccc(C(C)C)cc1)c1cc(Br)c(Br)s1. The van der Waals surface area contributed by atoms with Gasteiger partial charge in [0.05, 0.1) is 3.79 Å². The third kappa shape index (κ3) is 4.65. The Morgan fingerprint density at radius 1 is 1.14 bits per heavy atom. The Labute approximate surface area is 148 Å². The molecule has 21 heavy (non-hydrogen) atoms. The highest BCUT2D eigenvalue weighted by molar-refractivity contribution is 9.13. The molecule has 0 saturated heterocycles. The van der Waals surface area contributed by atoms with E-state index in [4.69, 9.17) is 0 Å². The van der Waals surface area contributed by atoms with Crippen LogP contribution in [0.5, 0.6) is 0 Å². The lowest BCUT2D eigenvalue weighted by molar-refractivity contribution is 0.558. The molecule has 2 aromatic rings. The maximum Gasteiger partial charge on any atom is 0.0843 e. The Balaban J connectivity index is 2.15. The van der Waals surface area contributed by atoms with Crippen LogP contribution in [0.25, 0.3) is 0 Å². The number of hydrogen-bond donors (Lipinski definition) is 1. The van der Waals surface area contributed by atoms with Crippen molar-refractivity contribution in [3.05, 3.63) is 54.6 Å². The molecule has 2 rings (SSSR count). The number of thiophene rings is 1. The van der Waals surface area contributed by atoms with E-state index < -0.39 is 0 Å². The van der Waals surface area contributed by atoms with Crippen molar-refractivity contribution in [1.29, 1.82) is 0 Å². The fourth-order valence-electron chi connectivity index (χ4n) is 2.33. The van der Waals surface area contributed by atoms with E-state index in [2.05, 4.69) is 88.3 Å². The number of benzene rings is 1. The van der Waals surface area contributed by atoms with E-state index in [1.54, 1.807) is 11.3 Å². The summed E-state index contributed by atoms with van der Waals surface area (Å²) in [5.74, 6) is 0.591. The summed E-state index contributed by atoms with van der Waals surface area (Å²) in [5, 5.41) is 3.59. The molecule has 0 aliphatic heterocycles. The van der Waals surface area contributed by atoms with Crippen LogP contribution >= 0.6 is 43.2 Å². The van der Waals surface area contributed by atoms with Gasteiger partial charge in [-0.1, -0.05) is 45.0 Å². The van der Waals surface area contributed by atoms with Crippen molar-refractivity contribution in [3.63, 3.8) is 0 Å². The zero-order chi connectivity index (χ0) is 15.4. The minimum atomic E-state index is 0.368. The summed E-state index contributed by atoms with van der Waals surface area (Å²) in [6.45, 7) is 7.60. The number of nitrogens with one attached hydrogen (secondary N) is 1. The van der Waals surface area contributed by atoms with Gasteiger partial charge in [-0.15, -0.1) is 11.3 Å². The summed E-state index contributed by atoms with van der Waals surface area (Å²) >= 11 is 8.97. The van der Waals surface area contributed by atoms with Crippen molar-refractivity contribution >= 4 is 43.2 Å². The molecule has 1 atom stereocenters. The van der Waals surface area contributed by atoms with Crippen LogP contribution in [0.15, 0.2) is 38.6 Å². The third-order valence-electron chi connectivity index (χ3n) is 3.54. The molecule has 0 aliphatic rings. The molecule has 0 aliphatic carbocycles. The van der Waals surface area contributed by atoms with Crippen LogP contribution in [0.3, 0.4) is 0 Å². The zero-order valence-electron chi connectivity index (χ0n) is 12.6. The van der Waals surface area contributed by atoms with Gasteiger partial charge in [0.2, 0.25) is 0 Å². The second-order valence-corrected chi connectivity index (χ2v) is 8.74. The molecule has 0 amide bonds. The van der Waals surface area contributed by atoms with Gasteiger partial charge in [0, 0.05) is 15.4 Å². The second kappa shape index (κ2) is 7.91. The van der Waals surface area contributed by atoms with Crippen molar-refractivity contribution in [2.24, 2.45) is 0 Å². The van der Waals surface area contributed by atoms with Gasteiger partial charge < -0.3 is 5.32 Å². The van der Waals surface area contributed by atoms with Gasteiger partial charge in [-0.3, -0.25) is 0 Å². The van der Waals surface area contributed by atoms with E-state index in [0.29, 0.717) is 12.0 Å². The predicted molar refractivity (Wildman–Crippen MR) is 100 cm³/mol. The first-order chi connectivity index (χ1) is 10.0. The van der Waals surface area contributed by atoms with E-state index in [-0.39, 0.29) is 0 Å². The molecule has 0 fully saturated rings. The van der Waals surface area contributed by atoms with E-state index in [1.165, 1.54) is 16.0 Å². The molecular formula is C17H21Br2NS. The standard InChI is InChI=1S/C17H21Br2NS/c1-4-20-15(16-10-14(18)17(19)21-16)9-12-5-7-13(8-6-12)11(2)3/h5-8,10-11,15,20H,4,9H2,1-3H3. The maximum absolute atomic E-state index is 3.59. The second-order valence-electron chi connectivity index (χ2n) is 5.48. The Hall–Kier alpha value is -0.160. The largest absolute Gasteiger partial charge is 0.309 e. The number of hydrogen-bond acceptors (Lipinski definition) is 2. The first-order valence-electron chi connectivity index (χ1n) is 7.28. The van der Waals surface area contributed by atoms with Crippen molar-refractivity contribution < 1.29 is 0 Å². The topological polar surface area (TPSA) is 12.0 Å². The van der Waals surface area contributed by atoms with Crippen LogP contribution in [0.4, 0.5) is 0 Å². The highest BCUT2D eigenvalue weighted by atomic mass is 79.9. The van der Waals surface area contributed by atoms with Crippen molar-refractivity contribution in [1.82, 2.24) is 5.32 Å². The highest BCUT2D eigenvalue weighted by Crippen LogP contribution is 2.36. The molecule has 0 bridgehead atoms. The van der Waals surface area contributed by atoms with Crippen LogP contribution in [0.2, 0.25) is 0 Å². The molecule has 1 nitrogen and oxygen atoms in total. The fraction of sp³-hybridized carbons (Fsp3) is 0.412. The van der Waals surface area contributed by atoms with Crippen LogP contribution in [0, 0.1) is 0 Å². The molecular weight excluding hydrogens is 410 g/mol. The minimum Gasteiger partial charge on any atom is -0.309 e. The zero-order valence-corrected chi connectivity index (χ0v) is 16.6. The monoisotopic (exact) mass is 429 g/mol. The fourth-order valence-corrected chi connectivity index (χ4v) is 4.49. The molecule has 0 saturated carbocycles. The molecule has 0 spiro atoms. The third-order valence-corrected chi connectivity index (χ3v) is 6.91. The van der Waals surface area contributed by atoms with Crippen LogP contribution in [-0.2, 0) is 6.42 Å².